The van der Waals surface area contributed by atoms with E-state index in [1.54, 1.807) is 0 Å². The minimum absolute atomic E-state index is 0.213. The summed E-state index contributed by atoms with van der Waals surface area (Å²) in [5.41, 5.74) is 2.47. The molecule has 0 spiro atoms. The summed E-state index contributed by atoms with van der Waals surface area (Å²) < 4.78 is 10.8. The van der Waals surface area contributed by atoms with E-state index in [2.05, 4.69) is 43.4 Å². The fourth-order valence-electron chi connectivity index (χ4n) is 1.91. The monoisotopic (exact) mass is 295 g/mol. The van der Waals surface area contributed by atoms with E-state index in [4.69, 9.17) is 9.47 Å². The van der Waals surface area contributed by atoms with Gasteiger partial charge in [0, 0.05) is 12.6 Å². The van der Waals surface area contributed by atoms with Gasteiger partial charge in [-0.15, -0.1) is 0 Å². The molecule has 21 heavy (non-hydrogen) atoms. The highest BCUT2D eigenvalue weighted by molar-refractivity contribution is 5.23. The second-order valence-electron chi connectivity index (χ2n) is 5.69. The van der Waals surface area contributed by atoms with Gasteiger partial charge in [0.25, 0.3) is 0 Å². The van der Waals surface area contributed by atoms with Crippen LogP contribution in [0.1, 0.15) is 37.9 Å². The van der Waals surface area contributed by atoms with Crippen LogP contribution in [0, 0.1) is 6.92 Å². The number of nitrogens with one attached hydrogen (secondary N) is 1. The summed E-state index contributed by atoms with van der Waals surface area (Å²) in [5.74, 6) is 0. The highest BCUT2D eigenvalue weighted by Gasteiger charge is 2.09. The first-order chi connectivity index (χ1) is 9.99. The lowest BCUT2D eigenvalue weighted by Crippen LogP contribution is -2.32. The van der Waals surface area contributed by atoms with E-state index >= 15 is 0 Å². The Kier molecular flexibility index (Phi) is 8.54. The predicted octanol–water partition coefficient (Wildman–Crippen LogP) is 2.45. The van der Waals surface area contributed by atoms with Crippen molar-refractivity contribution in [3.8, 4) is 0 Å². The molecule has 1 aromatic carbocycles. The van der Waals surface area contributed by atoms with Crippen LogP contribution >= 0.6 is 0 Å². The lowest BCUT2D eigenvalue weighted by Gasteiger charge is -2.18. The number of aliphatic hydroxyl groups excluding tert-OH is 1. The Morgan fingerprint density at radius 3 is 2.38 bits per heavy atom. The van der Waals surface area contributed by atoms with Crippen LogP contribution in [-0.2, 0) is 9.47 Å². The number of benzene rings is 1. The minimum Gasteiger partial charge on any atom is -0.389 e. The molecule has 0 heterocycles. The summed E-state index contributed by atoms with van der Waals surface area (Å²) in [4.78, 5) is 0. The number of hydrogen-bond acceptors (Lipinski definition) is 4. The summed E-state index contributed by atoms with van der Waals surface area (Å²) in [6, 6.07) is 8.63. The van der Waals surface area contributed by atoms with Crippen LogP contribution in [0.5, 0.6) is 0 Å². The highest BCUT2D eigenvalue weighted by Crippen LogP contribution is 2.12. The average molecular weight is 295 g/mol. The van der Waals surface area contributed by atoms with E-state index in [0.717, 1.165) is 0 Å². The molecule has 0 amide bonds. The van der Waals surface area contributed by atoms with Gasteiger partial charge in [-0.05, 0) is 33.3 Å². The third kappa shape index (κ3) is 8.17. The van der Waals surface area contributed by atoms with Crippen LogP contribution in [0.25, 0.3) is 0 Å². The smallest absolute Gasteiger partial charge is 0.0897 e. The van der Waals surface area contributed by atoms with Crippen molar-refractivity contribution >= 4 is 0 Å². The zero-order valence-corrected chi connectivity index (χ0v) is 13.6. The quantitative estimate of drug-likeness (QED) is 0.651. The van der Waals surface area contributed by atoms with Crippen LogP contribution in [0.4, 0.5) is 0 Å². The lowest BCUT2D eigenvalue weighted by molar-refractivity contribution is -0.0104. The van der Waals surface area contributed by atoms with Gasteiger partial charge in [-0.1, -0.05) is 29.8 Å². The van der Waals surface area contributed by atoms with Crippen LogP contribution in [0.3, 0.4) is 0 Å². The minimum atomic E-state index is -0.503. The molecule has 2 N–H and O–H groups in total. The Balaban J connectivity index is 2.14. The van der Waals surface area contributed by atoms with E-state index in [1.807, 2.05) is 13.8 Å². The fraction of sp³-hybridized carbons (Fsp3) is 0.647. The molecule has 1 rings (SSSR count). The number of aliphatic hydroxyl groups is 1. The van der Waals surface area contributed by atoms with Crippen molar-refractivity contribution in [3.63, 3.8) is 0 Å². The number of ether oxygens (including phenoxy) is 2. The van der Waals surface area contributed by atoms with Gasteiger partial charge in [0.05, 0.1) is 32.0 Å². The van der Waals surface area contributed by atoms with Gasteiger partial charge in [0.15, 0.2) is 0 Å². The Bertz CT molecular complexity index is 378. The Hall–Kier alpha value is -0.940. The van der Waals surface area contributed by atoms with Gasteiger partial charge in [-0.3, -0.25) is 0 Å². The molecule has 1 aromatic rings. The van der Waals surface area contributed by atoms with Crippen molar-refractivity contribution < 1.29 is 14.6 Å². The molecule has 0 aromatic heterocycles. The third-order valence-corrected chi connectivity index (χ3v) is 3.23. The lowest BCUT2D eigenvalue weighted by atomic mass is 10.1. The van der Waals surface area contributed by atoms with E-state index < -0.39 is 6.10 Å². The molecule has 0 aliphatic heterocycles. The van der Waals surface area contributed by atoms with E-state index in [9.17, 15) is 5.11 Å². The largest absolute Gasteiger partial charge is 0.389 e. The third-order valence-electron chi connectivity index (χ3n) is 3.23. The van der Waals surface area contributed by atoms with E-state index in [1.165, 1.54) is 11.1 Å². The molecule has 0 aliphatic carbocycles. The van der Waals surface area contributed by atoms with Crippen molar-refractivity contribution in [1.82, 2.24) is 5.32 Å². The van der Waals surface area contributed by atoms with Crippen LogP contribution in [0.15, 0.2) is 24.3 Å². The van der Waals surface area contributed by atoms with Crippen molar-refractivity contribution in [2.75, 3.05) is 26.4 Å². The summed E-state index contributed by atoms with van der Waals surface area (Å²) in [6.07, 6.45) is -0.285. The van der Waals surface area contributed by atoms with Gasteiger partial charge < -0.3 is 19.9 Å². The molecule has 0 aliphatic rings. The predicted molar refractivity (Wildman–Crippen MR) is 85.5 cm³/mol. The maximum absolute atomic E-state index is 9.87. The zero-order valence-electron chi connectivity index (χ0n) is 13.6. The number of hydrogen-bond donors (Lipinski definition) is 2. The van der Waals surface area contributed by atoms with Crippen molar-refractivity contribution in [2.45, 2.75) is 45.9 Å². The SMILES string of the molecule is Cc1ccc([C@H](C)NCC(O)COCCOC(C)C)cc1. The van der Waals surface area contributed by atoms with Crippen molar-refractivity contribution in [1.29, 1.82) is 0 Å². The zero-order chi connectivity index (χ0) is 15.7. The van der Waals surface area contributed by atoms with Crippen molar-refractivity contribution in [3.05, 3.63) is 35.4 Å². The van der Waals surface area contributed by atoms with E-state index in [-0.39, 0.29) is 12.1 Å². The van der Waals surface area contributed by atoms with Gasteiger partial charge in [0.1, 0.15) is 0 Å². The molecule has 1 unspecified atom stereocenters. The molecule has 0 fully saturated rings. The first kappa shape index (κ1) is 18.1. The molecular formula is C17H29NO3. The molecule has 2 atom stereocenters. The molecule has 4 nitrogen and oxygen atoms in total. The molecule has 4 heteroatoms. The first-order valence-corrected chi connectivity index (χ1v) is 7.66. The summed E-state index contributed by atoms with van der Waals surface area (Å²) >= 11 is 0. The standard InChI is InChI=1S/C17H29NO3/c1-13(2)21-10-9-20-12-17(19)11-18-15(4)16-7-5-14(3)6-8-16/h5-8,13,15,17-19H,9-12H2,1-4H3/t15-,17?/m0/s1. The Morgan fingerprint density at radius 2 is 1.76 bits per heavy atom. The molecule has 0 radical (unpaired) electrons. The number of rotatable bonds is 10. The van der Waals surface area contributed by atoms with Gasteiger partial charge in [-0.2, -0.15) is 0 Å². The molecule has 0 saturated heterocycles. The Morgan fingerprint density at radius 1 is 1.10 bits per heavy atom. The van der Waals surface area contributed by atoms with Gasteiger partial charge in [-0.25, -0.2) is 0 Å². The highest BCUT2D eigenvalue weighted by atomic mass is 16.5. The van der Waals surface area contributed by atoms with Crippen LogP contribution < -0.4 is 5.32 Å². The normalized spacial score (nSPS) is 14.4. The van der Waals surface area contributed by atoms with Gasteiger partial charge >= 0.3 is 0 Å². The summed E-state index contributed by atoms with van der Waals surface area (Å²) in [6.45, 7) is 10.1. The molecule has 120 valence electrons. The summed E-state index contributed by atoms with van der Waals surface area (Å²) in [7, 11) is 0. The van der Waals surface area contributed by atoms with Crippen molar-refractivity contribution in [2.24, 2.45) is 0 Å². The maximum atomic E-state index is 9.87. The molecule has 0 bridgehead atoms. The fourth-order valence-corrected chi connectivity index (χ4v) is 1.91. The Labute approximate surface area is 128 Å². The maximum Gasteiger partial charge on any atom is 0.0897 e. The second kappa shape index (κ2) is 9.90. The topological polar surface area (TPSA) is 50.7 Å². The first-order valence-electron chi connectivity index (χ1n) is 7.66. The average Bonchev–Trinajstić information content (AvgIpc) is 2.44. The van der Waals surface area contributed by atoms with Crippen LogP contribution in [0.2, 0.25) is 0 Å². The summed E-state index contributed by atoms with van der Waals surface area (Å²) in [5, 5.41) is 13.2. The van der Waals surface area contributed by atoms with Crippen LogP contribution in [-0.4, -0.2) is 43.7 Å². The van der Waals surface area contributed by atoms with Gasteiger partial charge in [0.2, 0.25) is 0 Å². The second-order valence-corrected chi connectivity index (χ2v) is 5.69. The molecular weight excluding hydrogens is 266 g/mol. The van der Waals surface area contributed by atoms with E-state index in [0.29, 0.717) is 26.4 Å². The molecule has 0 saturated carbocycles. The number of aryl methyl sites for hydroxylation is 1.